The van der Waals surface area contributed by atoms with Gasteiger partial charge in [0, 0.05) is 0 Å². The first-order valence-electron chi connectivity index (χ1n) is 12.9. The number of alkyl halides is 1. The summed E-state index contributed by atoms with van der Waals surface area (Å²) in [5.74, 6) is -0.0696. The summed E-state index contributed by atoms with van der Waals surface area (Å²) in [6.07, 6.45) is 5.39. The smallest absolute Gasteiger partial charge is 0.356 e. The molecule has 5 nitrogen and oxygen atoms in total. The van der Waals surface area contributed by atoms with E-state index in [0.717, 1.165) is 19.3 Å². The van der Waals surface area contributed by atoms with E-state index in [1.807, 2.05) is 0 Å². The highest BCUT2D eigenvalue weighted by Crippen LogP contribution is 2.57. The first-order valence-corrected chi connectivity index (χ1v) is 15.6. The van der Waals surface area contributed by atoms with Gasteiger partial charge in [-0.15, -0.1) is 0 Å². The third kappa shape index (κ3) is 6.14. The number of carbonyl (C=O) groups is 1. The zero-order chi connectivity index (χ0) is 26.8. The highest BCUT2D eigenvalue weighted by atomic mass is 32.2. The van der Waals surface area contributed by atoms with E-state index in [0.29, 0.717) is 37.0 Å². The maximum absolute atomic E-state index is 13.2. The molecule has 200 valence electrons. The molecule has 0 amide bonds. The zero-order valence-corrected chi connectivity index (χ0v) is 22.6. The maximum atomic E-state index is 13.2. The molecule has 3 aromatic rings. The second-order valence-corrected chi connectivity index (χ2v) is 14.0. The van der Waals surface area contributed by atoms with Crippen LogP contribution in [0.25, 0.3) is 0 Å². The van der Waals surface area contributed by atoms with Crippen LogP contribution in [-0.4, -0.2) is 30.0 Å². The van der Waals surface area contributed by atoms with E-state index in [9.17, 15) is 22.2 Å². The Bertz CT molecular complexity index is 1200. The van der Waals surface area contributed by atoms with Crippen LogP contribution in [-0.2, 0) is 30.5 Å². The van der Waals surface area contributed by atoms with Crippen LogP contribution in [0.5, 0.6) is 0 Å². The molecule has 0 aromatic heterocycles. The molecule has 0 N–H and O–H groups in total. The Morgan fingerprint density at radius 1 is 0.763 bits per heavy atom. The minimum absolute atomic E-state index is 0.0146. The lowest BCUT2D eigenvalue weighted by atomic mass is 9.54. The number of esters is 1. The molecule has 4 fully saturated rings. The second kappa shape index (κ2) is 11.2. The highest BCUT2D eigenvalue weighted by Gasteiger charge is 2.54. The Hall–Kier alpha value is -2.68. The Balaban J connectivity index is 0.000000155. The van der Waals surface area contributed by atoms with Crippen molar-refractivity contribution in [3.05, 3.63) is 91.0 Å². The molecule has 4 aliphatic carbocycles. The minimum atomic E-state index is -5.28. The Labute approximate surface area is 226 Å². The van der Waals surface area contributed by atoms with Gasteiger partial charge in [0.2, 0.25) is 0 Å². The molecule has 0 saturated heterocycles. The van der Waals surface area contributed by atoms with Crippen LogP contribution in [0, 0.1) is 17.8 Å². The fraction of sp³-hybridized carbons (Fsp3) is 0.367. The minimum Gasteiger partial charge on any atom is -0.745 e. The molecule has 0 spiro atoms. The highest BCUT2D eigenvalue weighted by molar-refractivity contribution is 7.97. The third-order valence-corrected chi connectivity index (χ3v) is 10.6. The molecule has 1 atom stereocenters. The van der Waals surface area contributed by atoms with Crippen molar-refractivity contribution in [2.45, 2.75) is 64.3 Å². The van der Waals surface area contributed by atoms with Crippen molar-refractivity contribution in [3.63, 3.8) is 0 Å². The third-order valence-electron chi connectivity index (χ3n) is 7.67. The number of ether oxygens (including phenoxy) is 1. The van der Waals surface area contributed by atoms with Crippen molar-refractivity contribution in [2.24, 2.45) is 17.8 Å². The van der Waals surface area contributed by atoms with Gasteiger partial charge in [-0.05, 0) is 92.7 Å². The monoisotopic (exact) mass is 554 g/mol. The molecule has 0 heterocycles. The molecule has 0 radical (unpaired) electrons. The number of rotatable bonds is 6. The fourth-order valence-corrected chi connectivity index (χ4v) is 9.00. The SMILES string of the molecule is O=C(OC12CC3CC(CC(C3)C1)C2)C(F)S(=O)(=O)[O-].c1ccc([S+](c2ccccc2)c2ccccc2)cc1. The van der Waals surface area contributed by atoms with Crippen LogP contribution in [0.1, 0.15) is 38.5 Å². The Kier molecular flexibility index (Phi) is 7.93. The number of benzene rings is 3. The van der Waals surface area contributed by atoms with Crippen molar-refractivity contribution >= 4 is 27.0 Å². The Morgan fingerprint density at radius 2 is 1.11 bits per heavy atom. The van der Waals surface area contributed by atoms with Gasteiger partial charge in [0.05, 0.1) is 10.9 Å². The molecule has 8 heteroatoms. The van der Waals surface area contributed by atoms with Crippen LogP contribution in [0.3, 0.4) is 0 Å². The van der Waals surface area contributed by atoms with E-state index in [-0.39, 0.29) is 10.9 Å². The number of carbonyl (C=O) groups excluding carboxylic acids is 1. The largest absolute Gasteiger partial charge is 0.745 e. The van der Waals surface area contributed by atoms with Gasteiger partial charge in [0.15, 0.2) is 14.7 Å². The van der Waals surface area contributed by atoms with Crippen LogP contribution in [0.15, 0.2) is 106 Å². The predicted molar refractivity (Wildman–Crippen MR) is 143 cm³/mol. The maximum Gasteiger partial charge on any atom is 0.356 e. The van der Waals surface area contributed by atoms with Crippen LogP contribution >= 0.6 is 0 Å². The van der Waals surface area contributed by atoms with Crippen molar-refractivity contribution in [3.8, 4) is 0 Å². The standard InChI is InChI=1S/C18H15S.C12H17FO5S/c1-4-10-16(11-5-1)19(17-12-6-2-7-13-17)18-14-8-3-9-15-18;13-10(19(15,16)17)11(14)18-12-4-7-1-8(5-12)3-9(2-7)6-12/h1-15H;7-10H,1-6H2,(H,15,16,17)/q+1;/p-1. The van der Waals surface area contributed by atoms with Crippen LogP contribution in [0.2, 0.25) is 0 Å². The summed E-state index contributed by atoms with van der Waals surface area (Å²) in [6.45, 7) is 0. The molecule has 38 heavy (non-hydrogen) atoms. The molecule has 3 aromatic carbocycles. The average molecular weight is 555 g/mol. The lowest BCUT2D eigenvalue weighted by molar-refractivity contribution is -0.189. The van der Waals surface area contributed by atoms with Gasteiger partial charge < -0.3 is 9.29 Å². The molecule has 7 rings (SSSR count). The lowest BCUT2D eigenvalue weighted by Gasteiger charge is -2.55. The molecular formula is C30H31FO5S2. The zero-order valence-electron chi connectivity index (χ0n) is 20.9. The summed E-state index contributed by atoms with van der Waals surface area (Å²) in [7, 11) is -5.29. The summed E-state index contributed by atoms with van der Waals surface area (Å²) in [4.78, 5) is 15.6. The van der Waals surface area contributed by atoms with E-state index in [1.165, 1.54) is 14.7 Å². The van der Waals surface area contributed by atoms with Gasteiger partial charge in [-0.25, -0.2) is 17.6 Å². The van der Waals surface area contributed by atoms with Crippen LogP contribution < -0.4 is 0 Å². The molecule has 1 unspecified atom stereocenters. The molecule has 0 aliphatic heterocycles. The van der Waals surface area contributed by atoms with E-state index in [2.05, 4.69) is 91.0 Å². The van der Waals surface area contributed by atoms with Crippen LogP contribution in [0.4, 0.5) is 4.39 Å². The summed E-state index contributed by atoms with van der Waals surface area (Å²) in [5.41, 5.74) is -3.82. The number of hydrogen-bond donors (Lipinski definition) is 0. The summed E-state index contributed by atoms with van der Waals surface area (Å²) in [6, 6.07) is 32.2. The summed E-state index contributed by atoms with van der Waals surface area (Å²) in [5, 5.41) is 0. The molecule has 4 bridgehead atoms. The summed E-state index contributed by atoms with van der Waals surface area (Å²) >= 11 is 0. The van der Waals surface area contributed by atoms with Crippen molar-refractivity contribution < 1.29 is 26.9 Å². The first kappa shape index (κ1) is 26.9. The topological polar surface area (TPSA) is 83.5 Å². The van der Waals surface area contributed by atoms with Gasteiger partial charge >= 0.3 is 5.97 Å². The quantitative estimate of drug-likeness (QED) is 0.208. The van der Waals surface area contributed by atoms with E-state index >= 15 is 0 Å². The van der Waals surface area contributed by atoms with Gasteiger partial charge in [0.25, 0.3) is 5.50 Å². The van der Waals surface area contributed by atoms with Crippen molar-refractivity contribution in [1.82, 2.24) is 0 Å². The lowest BCUT2D eigenvalue weighted by Crippen LogP contribution is -2.53. The van der Waals surface area contributed by atoms with Gasteiger partial charge in [-0.3, -0.25) is 0 Å². The van der Waals surface area contributed by atoms with Gasteiger partial charge in [-0.1, -0.05) is 54.6 Å². The van der Waals surface area contributed by atoms with Crippen molar-refractivity contribution in [1.29, 1.82) is 0 Å². The van der Waals surface area contributed by atoms with E-state index in [4.69, 9.17) is 4.74 Å². The fourth-order valence-electron chi connectivity index (χ4n) is 6.61. The average Bonchev–Trinajstić information content (AvgIpc) is 2.89. The van der Waals surface area contributed by atoms with Gasteiger partial charge in [0.1, 0.15) is 15.7 Å². The first-order chi connectivity index (χ1) is 18.2. The predicted octanol–water partition coefficient (Wildman–Crippen LogP) is 6.12. The molecular weight excluding hydrogens is 523 g/mol. The number of hydrogen-bond acceptors (Lipinski definition) is 5. The number of halogens is 1. The molecule has 4 saturated carbocycles. The van der Waals surface area contributed by atoms with Gasteiger partial charge in [-0.2, -0.15) is 0 Å². The second-order valence-electron chi connectivity index (χ2n) is 10.6. The molecule has 4 aliphatic rings. The van der Waals surface area contributed by atoms with E-state index < -0.39 is 27.2 Å². The summed E-state index contributed by atoms with van der Waals surface area (Å²) < 4.78 is 49.9. The van der Waals surface area contributed by atoms with E-state index in [1.54, 1.807) is 0 Å². The van der Waals surface area contributed by atoms with Crippen molar-refractivity contribution in [2.75, 3.05) is 0 Å². The normalized spacial score (nSPS) is 26.3. The Morgan fingerprint density at radius 3 is 1.42 bits per heavy atom.